The number of methoxy groups -OCH3 is 1. The van der Waals surface area contributed by atoms with Gasteiger partial charge in [-0.05, 0) is 24.3 Å². The van der Waals surface area contributed by atoms with Crippen LogP contribution in [0, 0.1) is 10.1 Å². The van der Waals surface area contributed by atoms with Crippen molar-refractivity contribution in [3.63, 3.8) is 0 Å². The maximum Gasteiger partial charge on any atom is 0.337 e. The number of ether oxygens (including phenoxy) is 1. The molecule has 0 saturated heterocycles. The van der Waals surface area contributed by atoms with Gasteiger partial charge in [-0.2, -0.15) is 0 Å². The summed E-state index contributed by atoms with van der Waals surface area (Å²) in [6.07, 6.45) is 1.64. The Bertz CT molecular complexity index is 659. The molecule has 7 heteroatoms. The smallest absolute Gasteiger partial charge is 0.337 e. The van der Waals surface area contributed by atoms with Gasteiger partial charge < -0.3 is 10.1 Å². The second kappa shape index (κ2) is 6.47. The van der Waals surface area contributed by atoms with Gasteiger partial charge in [0.05, 0.1) is 29.8 Å². The summed E-state index contributed by atoms with van der Waals surface area (Å²) in [5.74, 6) is -0.550. The number of nitro benzene ring substituents is 1. The largest absolute Gasteiger partial charge is 0.465 e. The van der Waals surface area contributed by atoms with Crippen molar-refractivity contribution in [3.8, 4) is 0 Å². The Morgan fingerprint density at radius 3 is 2.81 bits per heavy atom. The first-order valence-corrected chi connectivity index (χ1v) is 6.12. The average Bonchev–Trinajstić information content (AvgIpc) is 2.52. The molecule has 1 N–H and O–H groups in total. The van der Waals surface area contributed by atoms with E-state index >= 15 is 0 Å². The molecule has 0 fully saturated rings. The van der Waals surface area contributed by atoms with Gasteiger partial charge in [0.2, 0.25) is 0 Å². The Balaban J connectivity index is 2.26. The first kappa shape index (κ1) is 14.4. The Kier molecular flexibility index (Phi) is 4.45. The highest BCUT2D eigenvalue weighted by Gasteiger charge is 2.17. The minimum absolute atomic E-state index is 0.112. The number of esters is 1. The SMILES string of the molecule is COC(=O)c1ccc([N+](=O)[O-])c(NCc2ccccn2)c1. The topological polar surface area (TPSA) is 94.4 Å². The highest BCUT2D eigenvalue weighted by Crippen LogP contribution is 2.26. The third-order valence-corrected chi connectivity index (χ3v) is 2.80. The molecular weight excluding hydrogens is 274 g/mol. The number of hydrogen-bond acceptors (Lipinski definition) is 6. The van der Waals surface area contributed by atoms with Gasteiger partial charge in [-0.3, -0.25) is 15.1 Å². The fraction of sp³-hybridized carbons (Fsp3) is 0.143. The number of nitrogens with zero attached hydrogens (tertiary/aromatic N) is 2. The molecule has 0 amide bonds. The molecule has 0 aliphatic rings. The lowest BCUT2D eigenvalue weighted by Crippen LogP contribution is -2.07. The quantitative estimate of drug-likeness (QED) is 0.515. The number of carbonyl (C=O) groups excluding carboxylic acids is 1. The maximum atomic E-state index is 11.5. The van der Waals surface area contributed by atoms with Gasteiger partial charge in [-0.15, -0.1) is 0 Å². The van der Waals surface area contributed by atoms with Crippen molar-refractivity contribution >= 4 is 17.3 Å². The van der Waals surface area contributed by atoms with Crippen molar-refractivity contribution in [2.75, 3.05) is 12.4 Å². The Morgan fingerprint density at radius 2 is 2.19 bits per heavy atom. The van der Waals surface area contributed by atoms with E-state index in [1.165, 1.54) is 25.3 Å². The molecule has 0 saturated carbocycles. The molecule has 108 valence electrons. The summed E-state index contributed by atoms with van der Waals surface area (Å²) in [4.78, 5) is 26.1. The van der Waals surface area contributed by atoms with E-state index in [1.807, 2.05) is 6.07 Å². The van der Waals surface area contributed by atoms with Crippen LogP contribution < -0.4 is 5.32 Å². The molecule has 0 unspecified atom stereocenters. The van der Waals surface area contributed by atoms with Gasteiger partial charge in [0, 0.05) is 12.3 Å². The predicted molar refractivity (Wildman–Crippen MR) is 76.0 cm³/mol. The summed E-state index contributed by atoms with van der Waals surface area (Å²) in [6, 6.07) is 9.42. The highest BCUT2D eigenvalue weighted by molar-refractivity contribution is 5.91. The van der Waals surface area contributed by atoms with E-state index in [0.717, 1.165) is 5.69 Å². The lowest BCUT2D eigenvalue weighted by atomic mass is 10.1. The highest BCUT2D eigenvalue weighted by atomic mass is 16.6. The minimum Gasteiger partial charge on any atom is -0.465 e. The van der Waals surface area contributed by atoms with Crippen molar-refractivity contribution in [1.29, 1.82) is 0 Å². The van der Waals surface area contributed by atoms with E-state index in [4.69, 9.17) is 0 Å². The second-order valence-corrected chi connectivity index (χ2v) is 4.16. The Labute approximate surface area is 120 Å². The maximum absolute atomic E-state index is 11.5. The summed E-state index contributed by atoms with van der Waals surface area (Å²) in [7, 11) is 1.25. The molecule has 0 aliphatic carbocycles. The molecule has 21 heavy (non-hydrogen) atoms. The first-order chi connectivity index (χ1) is 10.1. The molecule has 0 bridgehead atoms. The molecule has 0 atom stereocenters. The molecule has 7 nitrogen and oxygen atoms in total. The molecule has 2 aromatic rings. The standard InChI is InChI=1S/C14H13N3O4/c1-21-14(18)10-5-6-13(17(19)20)12(8-10)16-9-11-4-2-3-7-15-11/h2-8,16H,9H2,1H3. The molecule has 0 spiro atoms. The fourth-order valence-corrected chi connectivity index (χ4v) is 1.77. The zero-order chi connectivity index (χ0) is 15.2. The molecule has 1 aromatic heterocycles. The summed E-state index contributed by atoms with van der Waals surface area (Å²) in [5.41, 5.74) is 1.11. The van der Waals surface area contributed by atoms with Crippen molar-refractivity contribution in [2.45, 2.75) is 6.54 Å². The minimum atomic E-state index is -0.550. The van der Waals surface area contributed by atoms with Gasteiger partial charge in [-0.1, -0.05) is 6.07 Å². The number of rotatable bonds is 5. The van der Waals surface area contributed by atoms with E-state index in [-0.39, 0.29) is 16.9 Å². The molecular formula is C14H13N3O4. The molecule has 1 heterocycles. The second-order valence-electron chi connectivity index (χ2n) is 4.16. The monoisotopic (exact) mass is 287 g/mol. The lowest BCUT2D eigenvalue weighted by molar-refractivity contribution is -0.384. The summed E-state index contributed by atoms with van der Waals surface area (Å²) >= 11 is 0. The third-order valence-electron chi connectivity index (χ3n) is 2.80. The predicted octanol–water partition coefficient (Wildman–Crippen LogP) is 2.39. The van der Waals surface area contributed by atoms with Crippen molar-refractivity contribution in [2.24, 2.45) is 0 Å². The number of benzene rings is 1. The number of carbonyl (C=O) groups is 1. The summed E-state index contributed by atoms with van der Waals surface area (Å²) < 4.78 is 4.61. The van der Waals surface area contributed by atoms with Crippen LogP contribution in [-0.2, 0) is 11.3 Å². The van der Waals surface area contributed by atoms with Crippen LogP contribution in [0.3, 0.4) is 0 Å². The van der Waals surface area contributed by atoms with Crippen LogP contribution in [0.4, 0.5) is 11.4 Å². The third kappa shape index (κ3) is 3.53. The van der Waals surface area contributed by atoms with E-state index < -0.39 is 10.9 Å². The molecule has 1 aromatic carbocycles. The lowest BCUT2D eigenvalue weighted by Gasteiger charge is -2.08. The van der Waals surface area contributed by atoms with E-state index in [2.05, 4.69) is 15.0 Å². The number of nitrogens with one attached hydrogen (secondary N) is 1. The van der Waals surface area contributed by atoms with Crippen molar-refractivity contribution < 1.29 is 14.5 Å². The van der Waals surface area contributed by atoms with Crippen LogP contribution in [0.5, 0.6) is 0 Å². The van der Waals surface area contributed by atoms with Crippen LogP contribution in [0.1, 0.15) is 16.1 Å². The zero-order valence-corrected chi connectivity index (χ0v) is 11.3. The van der Waals surface area contributed by atoms with Gasteiger partial charge >= 0.3 is 5.97 Å². The van der Waals surface area contributed by atoms with E-state index in [0.29, 0.717) is 6.54 Å². The number of nitro groups is 1. The summed E-state index contributed by atoms with van der Waals surface area (Å²) in [6.45, 7) is 0.312. The fourth-order valence-electron chi connectivity index (χ4n) is 1.77. The zero-order valence-electron chi connectivity index (χ0n) is 11.3. The Hall–Kier alpha value is -2.96. The molecule has 2 rings (SSSR count). The number of aromatic nitrogens is 1. The van der Waals surface area contributed by atoms with E-state index in [9.17, 15) is 14.9 Å². The number of anilines is 1. The van der Waals surface area contributed by atoms with Gasteiger partial charge in [-0.25, -0.2) is 4.79 Å². The first-order valence-electron chi connectivity index (χ1n) is 6.12. The van der Waals surface area contributed by atoms with Crippen molar-refractivity contribution in [1.82, 2.24) is 4.98 Å². The number of pyridine rings is 1. The summed E-state index contributed by atoms with van der Waals surface area (Å²) in [5, 5.41) is 13.9. The van der Waals surface area contributed by atoms with Crippen LogP contribution in [-0.4, -0.2) is 23.0 Å². The number of hydrogen-bond donors (Lipinski definition) is 1. The molecule has 0 aliphatic heterocycles. The van der Waals surface area contributed by atoms with Gasteiger partial charge in [0.1, 0.15) is 5.69 Å². The molecule has 0 radical (unpaired) electrons. The van der Waals surface area contributed by atoms with E-state index in [1.54, 1.807) is 18.3 Å². The van der Waals surface area contributed by atoms with Crippen LogP contribution >= 0.6 is 0 Å². The van der Waals surface area contributed by atoms with Gasteiger partial charge in [0.25, 0.3) is 5.69 Å². The normalized spacial score (nSPS) is 9.95. The van der Waals surface area contributed by atoms with Crippen LogP contribution in [0.15, 0.2) is 42.6 Å². The van der Waals surface area contributed by atoms with Crippen LogP contribution in [0.2, 0.25) is 0 Å². The van der Waals surface area contributed by atoms with Crippen molar-refractivity contribution in [3.05, 3.63) is 64.0 Å². The van der Waals surface area contributed by atoms with Crippen LogP contribution in [0.25, 0.3) is 0 Å². The average molecular weight is 287 g/mol. The Morgan fingerprint density at radius 1 is 1.38 bits per heavy atom. The van der Waals surface area contributed by atoms with Gasteiger partial charge in [0.15, 0.2) is 0 Å².